The van der Waals surface area contributed by atoms with E-state index in [2.05, 4.69) is 10.8 Å². The average molecular weight is 116 g/mol. The molecule has 1 rings (SSSR count). The van der Waals surface area contributed by atoms with Crippen molar-refractivity contribution in [3.63, 3.8) is 0 Å². The van der Waals surface area contributed by atoms with E-state index < -0.39 is 0 Å². The lowest BCUT2D eigenvalue weighted by atomic mass is 10.6. The Balaban J connectivity index is 2.28. The topological polar surface area (TPSA) is 21.3 Å². The van der Waals surface area contributed by atoms with Crippen LogP contribution < -0.4 is 4.72 Å². The van der Waals surface area contributed by atoms with Gasteiger partial charge in [-0.3, -0.25) is 0 Å². The highest BCUT2D eigenvalue weighted by atomic mass is 32.2. The van der Waals surface area contributed by atoms with Crippen LogP contribution in [-0.4, -0.2) is 13.3 Å². The third-order valence-electron chi connectivity index (χ3n) is 0.689. The predicted molar refractivity (Wildman–Crippen MR) is 29.3 cm³/mol. The monoisotopic (exact) mass is 116 g/mol. The molecule has 1 atom stereocenters. The standard InChI is InChI=1S/C4H6NOS/c1-6-4-2-3-7-5-4/h3-5H,1H3. The normalized spacial score (nSPS) is 29.0. The average Bonchev–Trinajstić information content (AvgIpc) is 2.14. The first-order chi connectivity index (χ1) is 3.43. The van der Waals surface area contributed by atoms with Crippen molar-refractivity contribution in [1.82, 2.24) is 4.72 Å². The minimum Gasteiger partial charge on any atom is -0.361 e. The van der Waals surface area contributed by atoms with Crippen LogP contribution in [0.5, 0.6) is 0 Å². The third kappa shape index (κ3) is 1.19. The fourth-order valence-corrected chi connectivity index (χ4v) is 0.889. The van der Waals surface area contributed by atoms with E-state index in [0.717, 1.165) is 0 Å². The van der Waals surface area contributed by atoms with E-state index in [1.807, 2.05) is 5.41 Å². The van der Waals surface area contributed by atoms with Gasteiger partial charge in [0.1, 0.15) is 6.23 Å². The second-order valence-electron chi connectivity index (χ2n) is 1.14. The quantitative estimate of drug-likeness (QED) is 0.505. The summed E-state index contributed by atoms with van der Waals surface area (Å²) in [6.07, 6.45) is 2.92. The van der Waals surface area contributed by atoms with E-state index in [0.29, 0.717) is 0 Å². The lowest BCUT2D eigenvalue weighted by molar-refractivity contribution is 0.132. The molecule has 0 saturated carbocycles. The Morgan fingerprint density at radius 1 is 2.00 bits per heavy atom. The number of rotatable bonds is 1. The van der Waals surface area contributed by atoms with Crippen LogP contribution in [0.3, 0.4) is 0 Å². The number of nitrogens with one attached hydrogen (secondary N) is 1. The second-order valence-corrected chi connectivity index (χ2v) is 1.84. The predicted octanol–water partition coefficient (Wildman–Crippen LogP) is 0.527. The summed E-state index contributed by atoms with van der Waals surface area (Å²) in [6, 6.07) is 0. The lowest BCUT2D eigenvalue weighted by Crippen LogP contribution is -2.17. The summed E-state index contributed by atoms with van der Waals surface area (Å²) in [6.45, 7) is 0. The smallest absolute Gasteiger partial charge is 0.143 e. The zero-order chi connectivity index (χ0) is 5.11. The van der Waals surface area contributed by atoms with Crippen LogP contribution in [0.4, 0.5) is 0 Å². The van der Waals surface area contributed by atoms with Crippen LogP contribution in [0.15, 0.2) is 5.41 Å². The molecule has 0 fully saturated rings. The van der Waals surface area contributed by atoms with E-state index in [1.165, 1.54) is 11.9 Å². The molecule has 2 nitrogen and oxygen atoms in total. The van der Waals surface area contributed by atoms with Gasteiger partial charge >= 0.3 is 0 Å². The van der Waals surface area contributed by atoms with Crippen LogP contribution >= 0.6 is 11.9 Å². The fraction of sp³-hybridized carbons (Fsp3) is 0.500. The van der Waals surface area contributed by atoms with Gasteiger partial charge in [0.2, 0.25) is 0 Å². The Bertz CT molecular complexity index is 83.8. The molecule has 0 aromatic rings. The number of hydrogen-bond donors (Lipinski definition) is 1. The van der Waals surface area contributed by atoms with Crippen LogP contribution in [-0.2, 0) is 4.74 Å². The van der Waals surface area contributed by atoms with Gasteiger partial charge in [-0.2, -0.15) is 0 Å². The van der Waals surface area contributed by atoms with Crippen LogP contribution in [0.25, 0.3) is 0 Å². The molecular weight excluding hydrogens is 110 g/mol. The van der Waals surface area contributed by atoms with Gasteiger partial charge in [-0.25, -0.2) is 4.72 Å². The molecule has 39 valence electrons. The first-order valence-electron chi connectivity index (χ1n) is 1.95. The molecule has 7 heavy (non-hydrogen) atoms. The summed E-state index contributed by atoms with van der Waals surface area (Å²) in [4.78, 5) is 0. The van der Waals surface area contributed by atoms with E-state index >= 15 is 0 Å². The van der Waals surface area contributed by atoms with Gasteiger partial charge in [-0.05, 0) is 5.41 Å². The maximum absolute atomic E-state index is 4.84. The van der Waals surface area contributed by atoms with E-state index in [9.17, 15) is 0 Å². The van der Waals surface area contributed by atoms with Crippen LogP contribution in [0, 0.1) is 6.08 Å². The fourth-order valence-electron chi connectivity index (χ4n) is 0.342. The molecule has 1 aliphatic heterocycles. The molecule has 0 aromatic heterocycles. The molecule has 1 N–H and O–H groups in total. The summed E-state index contributed by atoms with van der Waals surface area (Å²) in [7, 11) is 1.64. The highest BCUT2D eigenvalue weighted by molar-refractivity contribution is 8.00. The van der Waals surface area contributed by atoms with Crippen molar-refractivity contribution in [2.45, 2.75) is 6.23 Å². The molecule has 0 aromatic carbocycles. The number of methoxy groups -OCH3 is 1. The number of hydrogen-bond acceptors (Lipinski definition) is 3. The third-order valence-corrected chi connectivity index (χ3v) is 1.29. The molecule has 0 bridgehead atoms. The maximum atomic E-state index is 4.84. The van der Waals surface area contributed by atoms with Crippen molar-refractivity contribution in [3.8, 4) is 0 Å². The Labute approximate surface area is 47.1 Å². The van der Waals surface area contributed by atoms with Crippen LogP contribution in [0.2, 0.25) is 0 Å². The van der Waals surface area contributed by atoms with Crippen LogP contribution in [0.1, 0.15) is 0 Å². The van der Waals surface area contributed by atoms with Gasteiger partial charge in [0.25, 0.3) is 0 Å². The largest absolute Gasteiger partial charge is 0.361 e. The first-order valence-corrected chi connectivity index (χ1v) is 2.83. The van der Waals surface area contributed by atoms with Gasteiger partial charge in [0, 0.05) is 13.2 Å². The van der Waals surface area contributed by atoms with E-state index in [1.54, 1.807) is 7.11 Å². The summed E-state index contributed by atoms with van der Waals surface area (Å²) in [5.74, 6) is 0. The molecule has 0 aliphatic carbocycles. The molecule has 1 radical (unpaired) electrons. The van der Waals surface area contributed by atoms with Gasteiger partial charge in [0.15, 0.2) is 0 Å². The zero-order valence-corrected chi connectivity index (χ0v) is 4.79. The molecule has 0 amide bonds. The number of ether oxygens (including phenoxy) is 1. The summed E-state index contributed by atoms with van der Waals surface area (Å²) in [5, 5.41) is 1.84. The molecule has 1 aliphatic rings. The molecule has 3 heteroatoms. The Morgan fingerprint density at radius 2 is 2.86 bits per heavy atom. The zero-order valence-electron chi connectivity index (χ0n) is 3.97. The maximum Gasteiger partial charge on any atom is 0.143 e. The SMILES string of the molecule is COC1[C]=CSN1. The van der Waals surface area contributed by atoms with Gasteiger partial charge in [-0.1, -0.05) is 11.9 Å². The summed E-state index contributed by atoms with van der Waals surface area (Å²) >= 11 is 1.50. The van der Waals surface area contributed by atoms with Crippen molar-refractivity contribution in [3.05, 3.63) is 11.5 Å². The summed E-state index contributed by atoms with van der Waals surface area (Å²) in [5.41, 5.74) is 0. The second kappa shape index (κ2) is 2.35. The molecular formula is C4H6NOS. The Hall–Kier alpha value is 0.01000. The first kappa shape index (κ1) is 5.15. The lowest BCUT2D eigenvalue weighted by Gasteiger charge is -2.01. The Kier molecular flexibility index (Phi) is 1.73. The molecule has 0 spiro atoms. The van der Waals surface area contributed by atoms with Crippen molar-refractivity contribution < 1.29 is 4.74 Å². The van der Waals surface area contributed by atoms with Gasteiger partial charge < -0.3 is 4.74 Å². The minimum atomic E-state index is 0.00463. The van der Waals surface area contributed by atoms with Crippen molar-refractivity contribution in [2.75, 3.05) is 7.11 Å². The van der Waals surface area contributed by atoms with E-state index in [4.69, 9.17) is 4.74 Å². The van der Waals surface area contributed by atoms with E-state index in [-0.39, 0.29) is 6.23 Å². The molecule has 1 unspecified atom stereocenters. The van der Waals surface area contributed by atoms with Gasteiger partial charge in [-0.15, -0.1) is 0 Å². The minimum absolute atomic E-state index is 0.00463. The van der Waals surface area contributed by atoms with Crippen molar-refractivity contribution in [1.29, 1.82) is 0 Å². The Morgan fingerprint density at radius 3 is 3.14 bits per heavy atom. The van der Waals surface area contributed by atoms with Crippen molar-refractivity contribution >= 4 is 11.9 Å². The molecule has 1 heterocycles. The highest BCUT2D eigenvalue weighted by Gasteiger charge is 2.04. The van der Waals surface area contributed by atoms with Gasteiger partial charge in [0.05, 0.1) is 0 Å². The highest BCUT2D eigenvalue weighted by Crippen LogP contribution is 2.07. The van der Waals surface area contributed by atoms with Crippen molar-refractivity contribution in [2.24, 2.45) is 0 Å². The molecule has 0 saturated heterocycles. The summed E-state index contributed by atoms with van der Waals surface area (Å²) < 4.78 is 7.77.